The molecule has 1 aliphatic carbocycles. The summed E-state index contributed by atoms with van der Waals surface area (Å²) in [6, 6.07) is 12.5. The van der Waals surface area contributed by atoms with Gasteiger partial charge in [0.25, 0.3) is 0 Å². The third kappa shape index (κ3) is 2.22. The highest BCUT2D eigenvalue weighted by Crippen LogP contribution is 2.45. The van der Waals surface area contributed by atoms with Gasteiger partial charge in [-0.1, -0.05) is 24.3 Å². The van der Waals surface area contributed by atoms with Crippen molar-refractivity contribution in [1.29, 1.82) is 0 Å². The number of hydrogen-bond acceptors (Lipinski definition) is 2. The molecule has 102 valence electrons. The first-order valence-electron chi connectivity index (χ1n) is 6.97. The maximum Gasteiger partial charge on any atom is 0.150 e. The van der Waals surface area contributed by atoms with Crippen LogP contribution in [-0.4, -0.2) is 13.4 Å². The molecule has 0 bridgehead atoms. The zero-order valence-corrected chi connectivity index (χ0v) is 11.8. The Hall–Kier alpha value is -2.09. The average molecular weight is 266 g/mol. The molecule has 1 aliphatic rings. The molecule has 1 fully saturated rings. The van der Waals surface area contributed by atoms with E-state index >= 15 is 0 Å². The van der Waals surface area contributed by atoms with Crippen LogP contribution in [0.1, 0.15) is 40.2 Å². The van der Waals surface area contributed by atoms with Crippen LogP contribution in [0.25, 0.3) is 11.1 Å². The minimum atomic E-state index is 0.679. The van der Waals surface area contributed by atoms with Gasteiger partial charge in [0.2, 0.25) is 0 Å². The molecule has 0 spiro atoms. The molecule has 0 aromatic heterocycles. The van der Waals surface area contributed by atoms with Crippen molar-refractivity contribution in [1.82, 2.24) is 0 Å². The molecule has 0 N–H and O–H groups in total. The minimum Gasteiger partial charge on any atom is -0.496 e. The Morgan fingerprint density at radius 1 is 1.20 bits per heavy atom. The van der Waals surface area contributed by atoms with Crippen molar-refractivity contribution in [2.24, 2.45) is 0 Å². The lowest BCUT2D eigenvalue weighted by atomic mass is 9.94. The van der Waals surface area contributed by atoms with Crippen molar-refractivity contribution >= 4 is 6.29 Å². The molecule has 0 heterocycles. The van der Waals surface area contributed by atoms with Crippen molar-refractivity contribution in [3.8, 4) is 16.9 Å². The highest BCUT2D eigenvalue weighted by molar-refractivity contribution is 5.83. The van der Waals surface area contributed by atoms with Gasteiger partial charge in [0.1, 0.15) is 12.0 Å². The van der Waals surface area contributed by atoms with E-state index in [9.17, 15) is 4.79 Å². The summed E-state index contributed by atoms with van der Waals surface area (Å²) in [6.07, 6.45) is 3.43. The number of aldehydes is 1. The van der Waals surface area contributed by atoms with Crippen molar-refractivity contribution in [2.75, 3.05) is 7.11 Å². The molecular formula is C18H18O2. The molecule has 0 atom stereocenters. The first-order chi connectivity index (χ1) is 9.74. The summed E-state index contributed by atoms with van der Waals surface area (Å²) in [6.45, 7) is 1.92. The molecule has 2 aromatic carbocycles. The predicted molar refractivity (Wildman–Crippen MR) is 80.5 cm³/mol. The minimum absolute atomic E-state index is 0.679. The lowest BCUT2D eigenvalue weighted by Gasteiger charge is -2.13. The molecule has 1 saturated carbocycles. The zero-order valence-electron chi connectivity index (χ0n) is 11.8. The Balaban J connectivity index is 2.17. The van der Waals surface area contributed by atoms with Crippen LogP contribution in [0, 0.1) is 6.92 Å². The molecule has 2 nitrogen and oxygen atoms in total. The second-order valence-corrected chi connectivity index (χ2v) is 5.37. The topological polar surface area (TPSA) is 26.3 Å². The van der Waals surface area contributed by atoms with Gasteiger partial charge in [-0.15, -0.1) is 0 Å². The van der Waals surface area contributed by atoms with Crippen molar-refractivity contribution < 1.29 is 9.53 Å². The lowest BCUT2D eigenvalue weighted by Crippen LogP contribution is -1.95. The standard InChI is InChI=1S/C18H18O2/c1-12-15(11-19)9-14(10-18(12)20-2)17-6-4-3-5-16(17)13-7-8-13/h3-6,9-11,13H,7-8H2,1-2H3. The Labute approximate surface area is 119 Å². The summed E-state index contributed by atoms with van der Waals surface area (Å²) in [5.41, 5.74) is 5.27. The van der Waals surface area contributed by atoms with E-state index < -0.39 is 0 Å². The van der Waals surface area contributed by atoms with E-state index in [4.69, 9.17) is 4.74 Å². The Kier molecular flexibility index (Phi) is 3.31. The number of hydrogen-bond donors (Lipinski definition) is 0. The van der Waals surface area contributed by atoms with Crippen LogP contribution in [0.15, 0.2) is 36.4 Å². The smallest absolute Gasteiger partial charge is 0.150 e. The molecule has 2 aromatic rings. The third-order valence-corrected chi connectivity index (χ3v) is 4.04. The van der Waals surface area contributed by atoms with E-state index in [0.29, 0.717) is 11.5 Å². The second-order valence-electron chi connectivity index (χ2n) is 5.37. The number of rotatable bonds is 4. The average Bonchev–Trinajstić information content (AvgIpc) is 3.32. The number of carbonyl (C=O) groups is 1. The first-order valence-corrected chi connectivity index (χ1v) is 6.97. The zero-order chi connectivity index (χ0) is 14.1. The van der Waals surface area contributed by atoms with Crippen LogP contribution < -0.4 is 4.74 Å². The molecule has 0 saturated heterocycles. The van der Waals surface area contributed by atoms with Crippen LogP contribution in [-0.2, 0) is 0 Å². The van der Waals surface area contributed by atoms with Crippen LogP contribution >= 0.6 is 0 Å². The van der Waals surface area contributed by atoms with Gasteiger partial charge in [0.15, 0.2) is 0 Å². The van der Waals surface area contributed by atoms with Crippen LogP contribution in [0.3, 0.4) is 0 Å². The maximum absolute atomic E-state index is 11.3. The molecule has 0 amide bonds. The van der Waals surface area contributed by atoms with E-state index in [-0.39, 0.29) is 0 Å². The maximum atomic E-state index is 11.3. The summed E-state index contributed by atoms with van der Waals surface area (Å²) in [5, 5.41) is 0. The van der Waals surface area contributed by atoms with Crippen LogP contribution in [0.4, 0.5) is 0 Å². The Bertz CT molecular complexity index is 654. The van der Waals surface area contributed by atoms with Gasteiger partial charge >= 0.3 is 0 Å². The fourth-order valence-electron chi connectivity index (χ4n) is 2.71. The van der Waals surface area contributed by atoms with Gasteiger partial charge in [0.05, 0.1) is 7.11 Å². The molecule has 0 aliphatic heterocycles. The predicted octanol–water partition coefficient (Wildman–Crippen LogP) is 4.36. The van der Waals surface area contributed by atoms with Gasteiger partial charge < -0.3 is 4.74 Å². The van der Waals surface area contributed by atoms with Gasteiger partial charge in [0, 0.05) is 11.1 Å². The molecule has 0 radical (unpaired) electrons. The molecular weight excluding hydrogens is 248 g/mol. The van der Waals surface area contributed by atoms with Crippen molar-refractivity contribution in [3.05, 3.63) is 53.1 Å². The molecule has 0 unspecified atom stereocenters. The monoisotopic (exact) mass is 266 g/mol. The van der Waals surface area contributed by atoms with Crippen molar-refractivity contribution in [2.45, 2.75) is 25.7 Å². The normalized spacial score (nSPS) is 14.1. The largest absolute Gasteiger partial charge is 0.496 e. The summed E-state index contributed by atoms with van der Waals surface area (Å²) < 4.78 is 5.41. The highest BCUT2D eigenvalue weighted by atomic mass is 16.5. The van der Waals surface area contributed by atoms with E-state index in [1.54, 1.807) is 7.11 Å². The lowest BCUT2D eigenvalue weighted by molar-refractivity contribution is 0.112. The summed E-state index contributed by atoms with van der Waals surface area (Å²) in [7, 11) is 1.65. The number of methoxy groups -OCH3 is 1. The third-order valence-electron chi connectivity index (χ3n) is 4.04. The van der Waals surface area contributed by atoms with Gasteiger partial charge in [-0.25, -0.2) is 0 Å². The number of benzene rings is 2. The fraction of sp³-hybridized carbons (Fsp3) is 0.278. The first kappa shape index (κ1) is 12.9. The second kappa shape index (κ2) is 5.12. The van der Waals surface area contributed by atoms with Gasteiger partial charge in [-0.3, -0.25) is 4.79 Å². The highest BCUT2D eigenvalue weighted by Gasteiger charge is 2.26. The molecule has 2 heteroatoms. The van der Waals surface area contributed by atoms with E-state index in [0.717, 1.165) is 23.2 Å². The Morgan fingerprint density at radius 3 is 2.60 bits per heavy atom. The molecule has 3 rings (SSSR count). The number of ether oxygens (including phenoxy) is 1. The summed E-state index contributed by atoms with van der Waals surface area (Å²) in [5.74, 6) is 1.45. The quantitative estimate of drug-likeness (QED) is 0.768. The summed E-state index contributed by atoms with van der Waals surface area (Å²) in [4.78, 5) is 11.3. The number of carbonyl (C=O) groups excluding carboxylic acids is 1. The summed E-state index contributed by atoms with van der Waals surface area (Å²) >= 11 is 0. The van der Waals surface area contributed by atoms with Crippen LogP contribution in [0.5, 0.6) is 5.75 Å². The van der Waals surface area contributed by atoms with E-state index in [1.165, 1.54) is 24.0 Å². The van der Waals surface area contributed by atoms with Gasteiger partial charge in [-0.05, 0) is 54.5 Å². The van der Waals surface area contributed by atoms with Gasteiger partial charge in [-0.2, -0.15) is 0 Å². The van der Waals surface area contributed by atoms with Crippen molar-refractivity contribution in [3.63, 3.8) is 0 Å². The van der Waals surface area contributed by atoms with E-state index in [1.807, 2.05) is 25.1 Å². The van der Waals surface area contributed by atoms with Crippen LogP contribution in [0.2, 0.25) is 0 Å². The van der Waals surface area contributed by atoms with E-state index in [2.05, 4.69) is 18.2 Å². The Morgan fingerprint density at radius 2 is 1.95 bits per heavy atom. The molecule has 20 heavy (non-hydrogen) atoms. The SMILES string of the molecule is COc1cc(-c2ccccc2C2CC2)cc(C=O)c1C. The fourth-order valence-corrected chi connectivity index (χ4v) is 2.71.